The summed E-state index contributed by atoms with van der Waals surface area (Å²) < 4.78 is 5.28. The first-order valence-electron chi connectivity index (χ1n) is 7.25. The Kier molecular flexibility index (Phi) is 4.67. The van der Waals surface area contributed by atoms with Crippen LogP contribution in [-0.2, 0) is 4.79 Å². The van der Waals surface area contributed by atoms with Crippen LogP contribution in [0.25, 0.3) is 0 Å². The molecule has 2 heterocycles. The zero-order chi connectivity index (χ0) is 15.5. The molecule has 0 aliphatic carbocycles. The number of piperidine rings is 1. The first-order chi connectivity index (χ1) is 9.98. The zero-order valence-corrected chi connectivity index (χ0v) is 13.2. The predicted molar refractivity (Wildman–Crippen MR) is 84.0 cm³/mol. The molecule has 0 radical (unpaired) electrons. The third-order valence-electron chi connectivity index (χ3n) is 3.93. The van der Waals surface area contributed by atoms with Gasteiger partial charge in [-0.25, -0.2) is 4.98 Å². The lowest BCUT2D eigenvalue weighted by molar-refractivity contribution is -0.122. The summed E-state index contributed by atoms with van der Waals surface area (Å²) in [6.07, 6.45) is 4.67. The van der Waals surface area contributed by atoms with Crippen molar-refractivity contribution in [2.45, 2.75) is 31.7 Å². The highest BCUT2D eigenvalue weighted by molar-refractivity contribution is 6.01. The number of ether oxygens (including phenoxy) is 1. The Labute approximate surface area is 125 Å². The number of rotatable bonds is 4. The fraction of sp³-hybridized carbons (Fsp3) is 0.600. The first-order valence-corrected chi connectivity index (χ1v) is 7.25. The minimum atomic E-state index is -0.539. The van der Waals surface area contributed by atoms with Crippen LogP contribution in [-0.4, -0.2) is 44.2 Å². The summed E-state index contributed by atoms with van der Waals surface area (Å²) in [5.74, 6) is 0.380. The molecule has 6 heteroatoms. The minimum Gasteiger partial charge on any atom is -0.479 e. The summed E-state index contributed by atoms with van der Waals surface area (Å²) in [6.45, 7) is 2.81. The summed E-state index contributed by atoms with van der Waals surface area (Å²) in [6, 6.07) is 1.86. The molecule has 1 atom stereocenters. The van der Waals surface area contributed by atoms with Crippen molar-refractivity contribution in [1.29, 1.82) is 0 Å². The van der Waals surface area contributed by atoms with Gasteiger partial charge in [0, 0.05) is 20.3 Å². The van der Waals surface area contributed by atoms with Crippen LogP contribution >= 0.6 is 0 Å². The molecule has 2 N–H and O–H groups in total. The van der Waals surface area contributed by atoms with Crippen LogP contribution in [0, 0.1) is 0 Å². The molecule has 1 aromatic heterocycles. The van der Waals surface area contributed by atoms with Gasteiger partial charge in [0.05, 0.1) is 18.3 Å². The van der Waals surface area contributed by atoms with Gasteiger partial charge >= 0.3 is 0 Å². The Balaban J connectivity index is 2.27. The van der Waals surface area contributed by atoms with E-state index in [0.29, 0.717) is 11.6 Å². The maximum atomic E-state index is 12.7. The Hall–Kier alpha value is -1.82. The van der Waals surface area contributed by atoms with Gasteiger partial charge in [0.2, 0.25) is 11.8 Å². The Morgan fingerprint density at radius 1 is 1.48 bits per heavy atom. The van der Waals surface area contributed by atoms with Gasteiger partial charge in [0.1, 0.15) is 5.69 Å². The monoisotopic (exact) mass is 292 g/mol. The third kappa shape index (κ3) is 3.26. The van der Waals surface area contributed by atoms with Gasteiger partial charge in [-0.05, 0) is 38.8 Å². The number of pyridine rings is 1. The number of carbonyl (C=O) groups is 1. The van der Waals surface area contributed by atoms with Gasteiger partial charge < -0.3 is 20.3 Å². The van der Waals surface area contributed by atoms with E-state index in [2.05, 4.69) is 15.6 Å². The number of amides is 1. The van der Waals surface area contributed by atoms with Crippen molar-refractivity contribution in [3.63, 3.8) is 0 Å². The molecule has 0 bridgehead atoms. The fourth-order valence-electron chi connectivity index (χ4n) is 2.58. The number of anilines is 2. The number of aromatic nitrogens is 1. The number of methoxy groups -OCH3 is 1. The van der Waals surface area contributed by atoms with E-state index in [4.69, 9.17) is 4.74 Å². The van der Waals surface area contributed by atoms with E-state index in [9.17, 15) is 4.79 Å². The van der Waals surface area contributed by atoms with Crippen molar-refractivity contribution in [3.05, 3.63) is 12.3 Å². The summed E-state index contributed by atoms with van der Waals surface area (Å²) in [7, 11) is 5.40. The average Bonchev–Trinajstić information content (AvgIpc) is 2.47. The smallest absolute Gasteiger partial charge is 0.244 e. The number of hydrogen-bond donors (Lipinski definition) is 2. The van der Waals surface area contributed by atoms with Crippen LogP contribution in [0.15, 0.2) is 12.3 Å². The molecule has 0 aromatic carbocycles. The predicted octanol–water partition coefficient (Wildman–Crippen LogP) is 1.63. The molecule has 1 saturated heterocycles. The second kappa shape index (κ2) is 6.30. The molecule has 1 unspecified atom stereocenters. The van der Waals surface area contributed by atoms with Crippen molar-refractivity contribution in [2.75, 3.05) is 38.0 Å². The fourth-order valence-corrected chi connectivity index (χ4v) is 2.58. The molecule has 1 aliphatic heterocycles. The van der Waals surface area contributed by atoms with Crippen molar-refractivity contribution >= 4 is 17.3 Å². The van der Waals surface area contributed by atoms with Crippen LogP contribution < -0.4 is 20.3 Å². The summed E-state index contributed by atoms with van der Waals surface area (Å²) in [5, 5.41) is 6.31. The molecule has 21 heavy (non-hydrogen) atoms. The molecule has 1 aliphatic rings. The Bertz CT molecular complexity index is 510. The molecule has 1 amide bonds. The highest BCUT2D eigenvalue weighted by Gasteiger charge is 2.35. The van der Waals surface area contributed by atoms with Gasteiger partial charge in [0.15, 0.2) is 0 Å². The average molecular weight is 292 g/mol. The highest BCUT2D eigenvalue weighted by Crippen LogP contribution is 2.33. The van der Waals surface area contributed by atoms with Gasteiger partial charge in [-0.1, -0.05) is 0 Å². The standard InChI is InChI=1S/C15H24N4O2/c1-15(8-5-6-9-17-15)14(20)18-12-11(19(2)3)7-10-16-13(12)21-4/h7,10,17H,5-6,8-9H2,1-4H3,(H,18,20). The summed E-state index contributed by atoms with van der Waals surface area (Å²) in [4.78, 5) is 18.8. The lowest BCUT2D eigenvalue weighted by Gasteiger charge is -2.34. The molecule has 2 rings (SSSR count). The van der Waals surface area contributed by atoms with Gasteiger partial charge in [0.25, 0.3) is 0 Å². The van der Waals surface area contributed by atoms with E-state index in [1.54, 1.807) is 13.3 Å². The van der Waals surface area contributed by atoms with E-state index in [-0.39, 0.29) is 5.91 Å². The Morgan fingerprint density at radius 2 is 2.24 bits per heavy atom. The van der Waals surface area contributed by atoms with Crippen molar-refractivity contribution in [3.8, 4) is 5.88 Å². The number of hydrogen-bond acceptors (Lipinski definition) is 5. The van der Waals surface area contributed by atoms with E-state index in [0.717, 1.165) is 31.5 Å². The second-order valence-corrected chi connectivity index (χ2v) is 5.78. The molecule has 1 fully saturated rings. The van der Waals surface area contributed by atoms with Crippen LogP contribution in [0.1, 0.15) is 26.2 Å². The number of nitrogens with zero attached hydrogens (tertiary/aromatic N) is 2. The minimum absolute atomic E-state index is 0.0448. The summed E-state index contributed by atoms with van der Waals surface area (Å²) >= 11 is 0. The largest absolute Gasteiger partial charge is 0.479 e. The first kappa shape index (κ1) is 15.6. The molecule has 1 aromatic rings. The third-order valence-corrected chi connectivity index (χ3v) is 3.93. The molecular weight excluding hydrogens is 268 g/mol. The number of carbonyl (C=O) groups excluding carboxylic acids is 1. The Morgan fingerprint density at radius 3 is 2.81 bits per heavy atom. The van der Waals surface area contributed by atoms with Crippen LogP contribution in [0.3, 0.4) is 0 Å². The van der Waals surface area contributed by atoms with Crippen LogP contribution in [0.4, 0.5) is 11.4 Å². The lowest BCUT2D eigenvalue weighted by atomic mass is 9.90. The zero-order valence-electron chi connectivity index (χ0n) is 13.2. The number of nitrogens with one attached hydrogen (secondary N) is 2. The van der Waals surface area contributed by atoms with Crippen molar-refractivity contribution in [2.24, 2.45) is 0 Å². The van der Waals surface area contributed by atoms with E-state index >= 15 is 0 Å². The van der Waals surface area contributed by atoms with E-state index in [1.807, 2.05) is 32.0 Å². The van der Waals surface area contributed by atoms with Gasteiger partial charge in [-0.15, -0.1) is 0 Å². The van der Waals surface area contributed by atoms with Gasteiger partial charge in [-0.3, -0.25) is 4.79 Å². The lowest BCUT2D eigenvalue weighted by Crippen LogP contribution is -2.54. The van der Waals surface area contributed by atoms with Gasteiger partial charge in [-0.2, -0.15) is 0 Å². The SMILES string of the molecule is COc1nccc(N(C)C)c1NC(=O)C1(C)CCCCN1. The molecule has 0 saturated carbocycles. The molecule has 116 valence electrons. The summed E-state index contributed by atoms with van der Waals surface area (Å²) in [5.41, 5.74) is 0.945. The van der Waals surface area contributed by atoms with Crippen molar-refractivity contribution < 1.29 is 9.53 Å². The van der Waals surface area contributed by atoms with Crippen molar-refractivity contribution in [1.82, 2.24) is 10.3 Å². The normalized spacial score (nSPS) is 21.7. The molecule has 0 spiro atoms. The second-order valence-electron chi connectivity index (χ2n) is 5.78. The topological polar surface area (TPSA) is 66.5 Å². The van der Waals surface area contributed by atoms with E-state index in [1.165, 1.54) is 0 Å². The maximum absolute atomic E-state index is 12.7. The van der Waals surface area contributed by atoms with Crippen LogP contribution in [0.2, 0.25) is 0 Å². The molecular formula is C15H24N4O2. The maximum Gasteiger partial charge on any atom is 0.244 e. The van der Waals surface area contributed by atoms with Crippen LogP contribution in [0.5, 0.6) is 5.88 Å². The molecule has 6 nitrogen and oxygen atoms in total. The van der Waals surface area contributed by atoms with E-state index < -0.39 is 5.54 Å². The highest BCUT2D eigenvalue weighted by atomic mass is 16.5. The quantitative estimate of drug-likeness (QED) is 0.883.